The van der Waals surface area contributed by atoms with Gasteiger partial charge in [-0.1, -0.05) is 42.5 Å². The highest BCUT2D eigenvalue weighted by atomic mass is 16.6. The second kappa shape index (κ2) is 7.59. The summed E-state index contributed by atoms with van der Waals surface area (Å²) in [5.74, 6) is 0.0240. The van der Waals surface area contributed by atoms with Gasteiger partial charge in [0.2, 0.25) is 5.91 Å². The van der Waals surface area contributed by atoms with Crippen LogP contribution in [0.25, 0.3) is 11.0 Å². The maximum Gasteiger partial charge on any atom is 0.312 e. The first kappa shape index (κ1) is 18.9. The molecule has 0 aliphatic carbocycles. The van der Waals surface area contributed by atoms with E-state index in [0.29, 0.717) is 45.3 Å². The number of cyclic esters (lactones) is 1. The molecule has 2 aromatic carbocycles. The topological polar surface area (TPSA) is 64.4 Å². The average Bonchev–Trinajstić information content (AvgIpc) is 3.30. The van der Waals surface area contributed by atoms with E-state index in [9.17, 15) is 9.59 Å². The van der Waals surface area contributed by atoms with E-state index in [-0.39, 0.29) is 18.0 Å². The van der Waals surface area contributed by atoms with Gasteiger partial charge in [0, 0.05) is 19.5 Å². The Morgan fingerprint density at radius 3 is 2.60 bits per heavy atom. The van der Waals surface area contributed by atoms with Crippen LogP contribution in [0.3, 0.4) is 0 Å². The van der Waals surface area contributed by atoms with Crippen LogP contribution < -0.4 is 0 Å². The molecule has 30 heavy (non-hydrogen) atoms. The van der Waals surface area contributed by atoms with E-state index < -0.39 is 5.41 Å². The van der Waals surface area contributed by atoms with Gasteiger partial charge in [0.1, 0.15) is 6.10 Å². The molecule has 2 fully saturated rings. The Bertz CT molecular complexity index is 1070. The summed E-state index contributed by atoms with van der Waals surface area (Å²) < 4.78 is 7.84. The van der Waals surface area contributed by atoms with Crippen molar-refractivity contribution in [1.82, 2.24) is 14.5 Å². The quantitative estimate of drug-likeness (QED) is 0.628. The molecule has 0 N–H and O–H groups in total. The second-order valence-electron chi connectivity index (χ2n) is 8.44. The van der Waals surface area contributed by atoms with Gasteiger partial charge in [-0.3, -0.25) is 9.59 Å². The molecule has 3 heterocycles. The van der Waals surface area contributed by atoms with E-state index in [1.807, 2.05) is 65.8 Å². The summed E-state index contributed by atoms with van der Waals surface area (Å²) >= 11 is 0. The Kier molecular flexibility index (Phi) is 4.77. The molecule has 2 aliphatic rings. The van der Waals surface area contributed by atoms with Gasteiger partial charge in [-0.15, -0.1) is 0 Å². The maximum absolute atomic E-state index is 12.8. The fraction of sp³-hybridized carbons (Fsp3) is 0.375. The SMILES string of the molecule is O=C(Cc1ccccc1)N1CCC2(CC1)CC(Cn1cnc3ccccc31)OC2=O. The smallest absolute Gasteiger partial charge is 0.312 e. The highest BCUT2D eigenvalue weighted by molar-refractivity contribution is 5.81. The van der Waals surface area contributed by atoms with Gasteiger partial charge >= 0.3 is 5.97 Å². The zero-order chi connectivity index (χ0) is 20.6. The van der Waals surface area contributed by atoms with E-state index in [1.54, 1.807) is 0 Å². The summed E-state index contributed by atoms with van der Waals surface area (Å²) in [5.41, 5.74) is 2.57. The molecule has 154 valence electrons. The molecule has 1 aromatic heterocycles. The minimum Gasteiger partial charge on any atom is -0.460 e. The lowest BCUT2D eigenvalue weighted by Crippen LogP contribution is -2.45. The number of ether oxygens (including phenoxy) is 1. The highest BCUT2D eigenvalue weighted by Gasteiger charge is 2.50. The molecule has 0 saturated carbocycles. The van der Waals surface area contributed by atoms with Crippen molar-refractivity contribution in [2.75, 3.05) is 13.1 Å². The van der Waals surface area contributed by atoms with E-state index in [1.165, 1.54) is 0 Å². The van der Waals surface area contributed by atoms with Crippen LogP contribution in [-0.2, 0) is 27.3 Å². The number of carbonyl (C=O) groups is 2. The first-order valence-electron chi connectivity index (χ1n) is 10.6. The van der Waals surface area contributed by atoms with Crippen LogP contribution in [0, 0.1) is 5.41 Å². The van der Waals surface area contributed by atoms with Gasteiger partial charge in [0.05, 0.1) is 35.7 Å². The Morgan fingerprint density at radius 1 is 1.07 bits per heavy atom. The average molecular weight is 403 g/mol. The standard InChI is InChI=1S/C24H25N3O3/c28-22(14-18-6-2-1-3-7-18)26-12-10-24(11-13-26)15-19(30-23(24)29)16-27-17-25-20-8-4-5-9-21(20)27/h1-9,17,19H,10-16H2. The van der Waals surface area contributed by atoms with Crippen LogP contribution in [0.2, 0.25) is 0 Å². The van der Waals surface area contributed by atoms with Crippen LogP contribution >= 0.6 is 0 Å². The Morgan fingerprint density at radius 2 is 1.80 bits per heavy atom. The summed E-state index contributed by atoms with van der Waals surface area (Å²) in [5, 5.41) is 0. The maximum atomic E-state index is 12.8. The lowest BCUT2D eigenvalue weighted by atomic mass is 9.76. The molecule has 1 amide bonds. The van der Waals surface area contributed by atoms with Crippen molar-refractivity contribution in [3.63, 3.8) is 0 Å². The van der Waals surface area contributed by atoms with Gasteiger partial charge in [-0.2, -0.15) is 0 Å². The number of amides is 1. The molecule has 3 aromatic rings. The minimum absolute atomic E-state index is 0.105. The molecule has 0 bridgehead atoms. The van der Waals surface area contributed by atoms with Crippen molar-refractivity contribution in [3.05, 3.63) is 66.5 Å². The Balaban J connectivity index is 1.21. The number of likely N-dealkylation sites (tertiary alicyclic amines) is 1. The lowest BCUT2D eigenvalue weighted by Gasteiger charge is -2.36. The molecular weight excluding hydrogens is 378 g/mol. The monoisotopic (exact) mass is 403 g/mol. The van der Waals surface area contributed by atoms with Crippen molar-refractivity contribution >= 4 is 22.9 Å². The van der Waals surface area contributed by atoms with Gasteiger partial charge in [0.25, 0.3) is 0 Å². The van der Waals surface area contributed by atoms with Gasteiger partial charge < -0.3 is 14.2 Å². The summed E-state index contributed by atoms with van der Waals surface area (Å²) in [7, 11) is 0. The molecule has 1 spiro atoms. The Labute approximate surface area is 175 Å². The number of aromatic nitrogens is 2. The van der Waals surface area contributed by atoms with Crippen LogP contribution in [0.5, 0.6) is 0 Å². The number of hydrogen-bond acceptors (Lipinski definition) is 4. The van der Waals surface area contributed by atoms with E-state index >= 15 is 0 Å². The molecule has 6 heteroatoms. The molecule has 1 unspecified atom stereocenters. The van der Waals surface area contributed by atoms with Crippen LogP contribution in [0.1, 0.15) is 24.8 Å². The van der Waals surface area contributed by atoms with Crippen molar-refractivity contribution in [2.24, 2.45) is 5.41 Å². The van der Waals surface area contributed by atoms with Crippen LogP contribution in [-0.4, -0.2) is 45.5 Å². The molecule has 2 aliphatic heterocycles. The van der Waals surface area contributed by atoms with Crippen molar-refractivity contribution < 1.29 is 14.3 Å². The molecule has 6 nitrogen and oxygen atoms in total. The van der Waals surface area contributed by atoms with E-state index in [0.717, 1.165) is 16.6 Å². The van der Waals surface area contributed by atoms with Crippen LogP contribution in [0.15, 0.2) is 60.9 Å². The lowest BCUT2D eigenvalue weighted by molar-refractivity contribution is -0.152. The third kappa shape index (κ3) is 3.47. The Hall–Kier alpha value is -3.15. The van der Waals surface area contributed by atoms with Crippen molar-refractivity contribution in [2.45, 2.75) is 38.3 Å². The molecule has 0 radical (unpaired) electrons. The first-order chi connectivity index (χ1) is 14.6. The fourth-order valence-corrected chi connectivity index (χ4v) is 4.79. The molecule has 5 rings (SSSR count). The minimum atomic E-state index is -0.454. The number of hydrogen-bond donors (Lipinski definition) is 0. The number of nitrogens with zero attached hydrogens (tertiary/aromatic N) is 3. The van der Waals surface area contributed by atoms with Gasteiger partial charge in [-0.05, 0) is 30.5 Å². The number of fused-ring (bicyclic) bond motifs is 1. The van der Waals surface area contributed by atoms with Gasteiger partial charge in [0.15, 0.2) is 0 Å². The number of carbonyl (C=O) groups excluding carboxylic acids is 2. The number of imidazole rings is 1. The number of para-hydroxylation sites is 2. The number of rotatable bonds is 4. The fourth-order valence-electron chi connectivity index (χ4n) is 4.79. The van der Waals surface area contributed by atoms with E-state index in [2.05, 4.69) is 9.55 Å². The van der Waals surface area contributed by atoms with Crippen molar-refractivity contribution in [1.29, 1.82) is 0 Å². The summed E-state index contributed by atoms with van der Waals surface area (Å²) in [6.45, 7) is 1.84. The third-order valence-electron chi connectivity index (χ3n) is 6.52. The molecular formula is C24H25N3O3. The van der Waals surface area contributed by atoms with Crippen LogP contribution in [0.4, 0.5) is 0 Å². The highest BCUT2D eigenvalue weighted by Crippen LogP contribution is 2.43. The molecule has 1 atom stereocenters. The molecule has 2 saturated heterocycles. The zero-order valence-corrected chi connectivity index (χ0v) is 16.9. The number of piperidine rings is 1. The summed E-state index contributed by atoms with van der Waals surface area (Å²) in [6, 6.07) is 17.8. The van der Waals surface area contributed by atoms with E-state index in [4.69, 9.17) is 4.74 Å². The summed E-state index contributed by atoms with van der Waals surface area (Å²) in [6.07, 6.45) is 4.13. The first-order valence-corrected chi connectivity index (χ1v) is 10.6. The third-order valence-corrected chi connectivity index (χ3v) is 6.52. The largest absolute Gasteiger partial charge is 0.460 e. The predicted molar refractivity (Wildman–Crippen MR) is 113 cm³/mol. The normalized spacial score (nSPS) is 20.6. The van der Waals surface area contributed by atoms with Gasteiger partial charge in [-0.25, -0.2) is 4.98 Å². The second-order valence-corrected chi connectivity index (χ2v) is 8.44. The summed E-state index contributed by atoms with van der Waals surface area (Å²) in [4.78, 5) is 31.7. The zero-order valence-electron chi connectivity index (χ0n) is 16.9. The number of benzene rings is 2. The predicted octanol–water partition coefficient (Wildman–Crippen LogP) is 3.20. The number of esters is 1. The van der Waals surface area contributed by atoms with Crippen molar-refractivity contribution in [3.8, 4) is 0 Å².